The van der Waals surface area contributed by atoms with Crippen LogP contribution in [0.5, 0.6) is 5.75 Å². The number of unbranched alkanes of at least 4 members (excludes halogenated alkanes) is 5. The monoisotopic (exact) mass is 306 g/mol. The molecule has 0 aromatic heterocycles. The molecule has 1 aliphatic rings. The lowest BCUT2D eigenvalue weighted by atomic mass is 9.95. The molecule has 3 heteroatoms. The van der Waals surface area contributed by atoms with Gasteiger partial charge in [-0.05, 0) is 25.5 Å². The summed E-state index contributed by atoms with van der Waals surface area (Å²) < 4.78 is 11.9. The van der Waals surface area contributed by atoms with Gasteiger partial charge in [0.2, 0.25) is 0 Å². The van der Waals surface area contributed by atoms with Crippen molar-refractivity contribution in [1.29, 1.82) is 0 Å². The third kappa shape index (κ3) is 5.29. The van der Waals surface area contributed by atoms with Gasteiger partial charge >= 0.3 is 0 Å². The molecule has 1 aromatic carbocycles. The second-order valence-electron chi connectivity index (χ2n) is 6.41. The van der Waals surface area contributed by atoms with Crippen LogP contribution >= 0.6 is 0 Å². The molecular weight excluding hydrogens is 276 g/mol. The maximum absolute atomic E-state index is 9.34. The lowest BCUT2D eigenvalue weighted by molar-refractivity contribution is -0.237. The molecule has 2 rings (SSSR count). The first-order valence-corrected chi connectivity index (χ1v) is 8.76. The van der Waals surface area contributed by atoms with E-state index in [1.54, 1.807) is 12.1 Å². The fraction of sp³-hybridized carbons (Fsp3) is 0.684. The van der Waals surface area contributed by atoms with E-state index in [0.29, 0.717) is 5.92 Å². The summed E-state index contributed by atoms with van der Waals surface area (Å²) in [5, 5.41) is 9.34. The molecule has 3 nitrogen and oxygen atoms in total. The van der Waals surface area contributed by atoms with Gasteiger partial charge in [0.1, 0.15) is 5.75 Å². The van der Waals surface area contributed by atoms with Gasteiger partial charge in [-0.25, -0.2) is 0 Å². The largest absolute Gasteiger partial charge is 0.508 e. The van der Waals surface area contributed by atoms with Crippen LogP contribution in [0.25, 0.3) is 0 Å². The maximum Gasteiger partial charge on any atom is 0.184 e. The summed E-state index contributed by atoms with van der Waals surface area (Å²) in [6.07, 6.45) is 9.11. The number of hydrogen-bond donors (Lipinski definition) is 1. The van der Waals surface area contributed by atoms with Crippen LogP contribution in [0.2, 0.25) is 0 Å². The van der Waals surface area contributed by atoms with Crippen LogP contribution in [0.1, 0.15) is 70.6 Å². The van der Waals surface area contributed by atoms with Gasteiger partial charge in [-0.3, -0.25) is 0 Å². The smallest absolute Gasteiger partial charge is 0.184 e. The Balaban J connectivity index is 1.70. The number of ether oxygens (including phenoxy) is 2. The summed E-state index contributed by atoms with van der Waals surface area (Å²) in [5.41, 5.74) is 0.975. The summed E-state index contributed by atoms with van der Waals surface area (Å²) in [7, 11) is 0. The molecule has 1 N–H and O–H groups in total. The summed E-state index contributed by atoms with van der Waals surface area (Å²) >= 11 is 0. The molecule has 1 heterocycles. The number of aromatic hydroxyl groups is 1. The molecule has 3 unspecified atom stereocenters. The highest BCUT2D eigenvalue weighted by Crippen LogP contribution is 2.32. The molecule has 0 radical (unpaired) electrons. The Kier molecular flexibility index (Phi) is 7.20. The summed E-state index contributed by atoms with van der Waals surface area (Å²) in [6, 6.07) is 7.08. The number of phenolic OH excluding ortho intramolecular Hbond substituents is 1. The lowest BCUT2D eigenvalue weighted by Crippen LogP contribution is -2.34. The number of benzene rings is 1. The number of rotatable bonds is 8. The first-order chi connectivity index (χ1) is 10.7. The Morgan fingerprint density at radius 3 is 2.41 bits per heavy atom. The minimum Gasteiger partial charge on any atom is -0.508 e. The van der Waals surface area contributed by atoms with Crippen molar-refractivity contribution in [2.45, 2.75) is 71.2 Å². The van der Waals surface area contributed by atoms with Gasteiger partial charge in [0, 0.05) is 11.5 Å². The minimum absolute atomic E-state index is 0.225. The average Bonchev–Trinajstić information content (AvgIpc) is 2.53. The van der Waals surface area contributed by atoms with Crippen LogP contribution in [0, 0.1) is 5.92 Å². The van der Waals surface area contributed by atoms with Gasteiger partial charge in [-0.15, -0.1) is 0 Å². The van der Waals surface area contributed by atoms with Gasteiger partial charge < -0.3 is 14.6 Å². The molecule has 1 fully saturated rings. The fourth-order valence-corrected chi connectivity index (χ4v) is 3.00. The van der Waals surface area contributed by atoms with Crippen molar-refractivity contribution < 1.29 is 14.6 Å². The highest BCUT2D eigenvalue weighted by molar-refractivity contribution is 5.26. The van der Waals surface area contributed by atoms with E-state index in [1.165, 1.54) is 44.9 Å². The zero-order valence-corrected chi connectivity index (χ0v) is 14.0. The molecule has 3 atom stereocenters. The Morgan fingerprint density at radius 1 is 1.05 bits per heavy atom. The van der Waals surface area contributed by atoms with Crippen LogP contribution in [0.15, 0.2) is 24.3 Å². The molecule has 22 heavy (non-hydrogen) atoms. The van der Waals surface area contributed by atoms with Crippen molar-refractivity contribution in [3.8, 4) is 5.75 Å². The first kappa shape index (κ1) is 17.3. The highest BCUT2D eigenvalue weighted by atomic mass is 16.7. The van der Waals surface area contributed by atoms with E-state index in [2.05, 4.69) is 13.8 Å². The molecule has 0 aliphatic carbocycles. The first-order valence-electron chi connectivity index (χ1n) is 8.76. The zero-order valence-electron chi connectivity index (χ0n) is 14.0. The van der Waals surface area contributed by atoms with Crippen LogP contribution < -0.4 is 0 Å². The van der Waals surface area contributed by atoms with Crippen molar-refractivity contribution in [3.05, 3.63) is 29.8 Å². The van der Waals surface area contributed by atoms with Crippen molar-refractivity contribution in [2.75, 3.05) is 6.61 Å². The van der Waals surface area contributed by atoms with Crippen molar-refractivity contribution in [2.24, 2.45) is 5.92 Å². The van der Waals surface area contributed by atoms with Crippen LogP contribution in [0.3, 0.4) is 0 Å². The highest BCUT2D eigenvalue weighted by Gasteiger charge is 2.29. The summed E-state index contributed by atoms with van der Waals surface area (Å²) in [6.45, 7) is 5.17. The minimum atomic E-state index is -0.295. The molecule has 0 saturated carbocycles. The van der Waals surface area contributed by atoms with Crippen molar-refractivity contribution in [1.82, 2.24) is 0 Å². The Labute approximate surface area is 134 Å². The van der Waals surface area contributed by atoms with Crippen molar-refractivity contribution >= 4 is 0 Å². The second kappa shape index (κ2) is 9.16. The third-order valence-corrected chi connectivity index (χ3v) is 4.56. The maximum atomic E-state index is 9.34. The van der Waals surface area contributed by atoms with Gasteiger partial charge in [0.15, 0.2) is 6.29 Å². The molecule has 0 bridgehead atoms. The van der Waals surface area contributed by atoms with Gasteiger partial charge in [-0.1, -0.05) is 57.6 Å². The van der Waals surface area contributed by atoms with Gasteiger partial charge in [0.05, 0.1) is 12.7 Å². The molecule has 1 aromatic rings. The summed E-state index contributed by atoms with van der Waals surface area (Å²) in [5.74, 6) is 0.771. The van der Waals surface area contributed by atoms with E-state index in [9.17, 15) is 5.11 Å². The molecule has 1 aliphatic heterocycles. The van der Waals surface area contributed by atoms with Crippen molar-refractivity contribution in [3.63, 3.8) is 0 Å². The Hall–Kier alpha value is -1.06. The zero-order chi connectivity index (χ0) is 15.8. The molecule has 124 valence electrons. The quantitative estimate of drug-likeness (QED) is 0.671. The molecule has 0 amide bonds. The fourth-order valence-electron chi connectivity index (χ4n) is 3.00. The summed E-state index contributed by atoms with van der Waals surface area (Å²) in [4.78, 5) is 0. The molecule has 1 saturated heterocycles. The SMILES string of the molecule is CCCCCCCCC1COC(c2ccc(O)cc2)OC1C. The molecular formula is C19H30O3. The Morgan fingerprint density at radius 2 is 1.73 bits per heavy atom. The average molecular weight is 306 g/mol. The van der Waals surface area contributed by atoms with Gasteiger partial charge in [-0.2, -0.15) is 0 Å². The van der Waals surface area contributed by atoms with Crippen LogP contribution in [0.4, 0.5) is 0 Å². The predicted molar refractivity (Wildman–Crippen MR) is 88.8 cm³/mol. The topological polar surface area (TPSA) is 38.7 Å². The number of phenols is 1. The third-order valence-electron chi connectivity index (χ3n) is 4.56. The number of hydrogen-bond acceptors (Lipinski definition) is 3. The van der Waals surface area contributed by atoms with E-state index in [-0.39, 0.29) is 18.1 Å². The van der Waals surface area contributed by atoms with E-state index in [1.807, 2.05) is 12.1 Å². The standard InChI is InChI=1S/C19H30O3/c1-3-4-5-6-7-8-9-17-14-21-19(22-15(17)2)16-10-12-18(20)13-11-16/h10-13,15,17,19-20H,3-9,14H2,1-2H3. The van der Waals surface area contributed by atoms with E-state index in [4.69, 9.17) is 9.47 Å². The van der Waals surface area contributed by atoms with E-state index >= 15 is 0 Å². The Bertz CT molecular complexity index is 415. The second-order valence-corrected chi connectivity index (χ2v) is 6.41. The molecule has 0 spiro atoms. The van der Waals surface area contributed by atoms with E-state index < -0.39 is 0 Å². The van der Waals surface area contributed by atoms with Gasteiger partial charge in [0.25, 0.3) is 0 Å². The van der Waals surface area contributed by atoms with Crippen LogP contribution in [-0.4, -0.2) is 17.8 Å². The normalized spacial score (nSPS) is 25.3. The predicted octanol–water partition coefficient (Wildman–Crippen LogP) is 5.19. The lowest BCUT2D eigenvalue weighted by Gasteiger charge is -2.35. The van der Waals surface area contributed by atoms with E-state index in [0.717, 1.165) is 12.2 Å². The van der Waals surface area contributed by atoms with Crippen LogP contribution in [-0.2, 0) is 9.47 Å².